The van der Waals surface area contributed by atoms with E-state index in [1.54, 1.807) is 7.11 Å². The molecule has 14 heavy (non-hydrogen) atoms. The number of nitrogens with one attached hydrogen (secondary N) is 1. The van der Waals surface area contributed by atoms with E-state index in [0.717, 1.165) is 19.0 Å². The normalized spacial score (nSPS) is 10.4. The molecule has 0 aliphatic rings. The summed E-state index contributed by atoms with van der Waals surface area (Å²) in [5, 5.41) is 3.23. The van der Waals surface area contributed by atoms with Gasteiger partial charge in [-0.15, -0.1) is 0 Å². The number of rotatable bonds is 7. The number of aromatic nitrogens is 2. The van der Waals surface area contributed by atoms with Crippen LogP contribution < -0.4 is 5.32 Å². The second kappa shape index (κ2) is 6.43. The summed E-state index contributed by atoms with van der Waals surface area (Å²) in [5.41, 5.74) is 0. The molecule has 1 N–H and O–H groups in total. The molecule has 0 fully saturated rings. The van der Waals surface area contributed by atoms with E-state index in [1.165, 1.54) is 12.8 Å². The van der Waals surface area contributed by atoms with Gasteiger partial charge in [0, 0.05) is 32.6 Å². The van der Waals surface area contributed by atoms with Crippen LogP contribution in [0.1, 0.15) is 19.8 Å². The molecule has 0 aliphatic heterocycles. The van der Waals surface area contributed by atoms with Gasteiger partial charge in [0.1, 0.15) is 0 Å². The highest BCUT2D eigenvalue weighted by molar-refractivity contribution is 5.25. The Morgan fingerprint density at radius 3 is 3.14 bits per heavy atom. The summed E-state index contributed by atoms with van der Waals surface area (Å²) >= 11 is 0. The van der Waals surface area contributed by atoms with E-state index in [0.29, 0.717) is 6.61 Å². The van der Waals surface area contributed by atoms with Crippen LogP contribution in [0.25, 0.3) is 0 Å². The van der Waals surface area contributed by atoms with E-state index in [4.69, 9.17) is 4.74 Å². The van der Waals surface area contributed by atoms with Crippen molar-refractivity contribution in [3.63, 3.8) is 0 Å². The molecular formula is C10H19N3O. The molecule has 0 spiro atoms. The van der Waals surface area contributed by atoms with Gasteiger partial charge >= 0.3 is 0 Å². The monoisotopic (exact) mass is 197 g/mol. The zero-order valence-corrected chi connectivity index (χ0v) is 8.99. The molecule has 4 nitrogen and oxygen atoms in total. The highest BCUT2D eigenvalue weighted by atomic mass is 16.5. The number of ether oxygens (including phenoxy) is 1. The van der Waals surface area contributed by atoms with Crippen molar-refractivity contribution in [2.75, 3.05) is 25.6 Å². The van der Waals surface area contributed by atoms with Crippen LogP contribution in [-0.2, 0) is 11.3 Å². The summed E-state index contributed by atoms with van der Waals surface area (Å²) in [6.07, 6.45) is 6.22. The minimum absolute atomic E-state index is 0.709. The first kappa shape index (κ1) is 11.0. The summed E-state index contributed by atoms with van der Waals surface area (Å²) in [7, 11) is 1.70. The van der Waals surface area contributed by atoms with Crippen molar-refractivity contribution < 1.29 is 4.74 Å². The Morgan fingerprint density at radius 1 is 1.57 bits per heavy atom. The summed E-state index contributed by atoms with van der Waals surface area (Å²) < 4.78 is 7.10. The molecule has 1 aromatic rings. The number of unbranched alkanes of at least 4 members (excludes halogenated alkanes) is 1. The topological polar surface area (TPSA) is 39.1 Å². The maximum Gasteiger partial charge on any atom is 0.202 e. The van der Waals surface area contributed by atoms with Crippen LogP contribution in [0.2, 0.25) is 0 Å². The zero-order valence-electron chi connectivity index (χ0n) is 8.99. The number of nitrogens with zero attached hydrogens (tertiary/aromatic N) is 2. The lowest BCUT2D eigenvalue weighted by Crippen LogP contribution is -2.12. The number of anilines is 1. The van der Waals surface area contributed by atoms with Crippen molar-refractivity contribution >= 4 is 5.95 Å². The standard InChI is InChI=1S/C10H19N3O/c1-3-4-7-13-8-5-11-10(13)12-6-9-14-2/h5,8H,3-4,6-7,9H2,1-2H3,(H,11,12). The van der Waals surface area contributed by atoms with Crippen molar-refractivity contribution in [3.05, 3.63) is 12.4 Å². The molecule has 0 aliphatic carbocycles. The van der Waals surface area contributed by atoms with Crippen LogP contribution >= 0.6 is 0 Å². The van der Waals surface area contributed by atoms with E-state index < -0.39 is 0 Å². The molecule has 0 atom stereocenters. The molecule has 0 saturated heterocycles. The fourth-order valence-corrected chi connectivity index (χ4v) is 1.25. The molecule has 0 aromatic carbocycles. The third-order valence-electron chi connectivity index (χ3n) is 2.06. The van der Waals surface area contributed by atoms with Crippen LogP contribution in [0.3, 0.4) is 0 Å². The summed E-state index contributed by atoms with van der Waals surface area (Å²) in [6.45, 7) is 4.74. The molecule has 0 unspecified atom stereocenters. The number of aryl methyl sites for hydroxylation is 1. The molecule has 1 heterocycles. The molecule has 1 rings (SSSR count). The average Bonchev–Trinajstić information content (AvgIpc) is 2.63. The molecule has 0 radical (unpaired) electrons. The Balaban J connectivity index is 2.37. The zero-order chi connectivity index (χ0) is 10.2. The first-order valence-electron chi connectivity index (χ1n) is 5.12. The van der Waals surface area contributed by atoms with Crippen LogP contribution in [0.5, 0.6) is 0 Å². The fourth-order valence-electron chi connectivity index (χ4n) is 1.25. The summed E-state index contributed by atoms with van der Waals surface area (Å²) in [4.78, 5) is 4.24. The van der Waals surface area contributed by atoms with Gasteiger partial charge in [-0.2, -0.15) is 0 Å². The molecule has 0 bridgehead atoms. The highest BCUT2D eigenvalue weighted by Gasteiger charge is 1.99. The lowest BCUT2D eigenvalue weighted by atomic mass is 10.3. The fraction of sp³-hybridized carbons (Fsp3) is 0.700. The first-order chi connectivity index (χ1) is 6.88. The van der Waals surface area contributed by atoms with Gasteiger partial charge < -0.3 is 14.6 Å². The van der Waals surface area contributed by atoms with Crippen molar-refractivity contribution in [1.29, 1.82) is 0 Å². The molecular weight excluding hydrogens is 178 g/mol. The van der Waals surface area contributed by atoms with Gasteiger partial charge in [0.05, 0.1) is 6.61 Å². The second-order valence-electron chi connectivity index (χ2n) is 3.22. The van der Waals surface area contributed by atoms with E-state index in [-0.39, 0.29) is 0 Å². The molecule has 0 amide bonds. The second-order valence-corrected chi connectivity index (χ2v) is 3.22. The maximum absolute atomic E-state index is 4.96. The van der Waals surface area contributed by atoms with Gasteiger partial charge in [-0.05, 0) is 6.42 Å². The Bertz CT molecular complexity index is 247. The number of hydrogen-bond acceptors (Lipinski definition) is 3. The van der Waals surface area contributed by atoms with Crippen molar-refractivity contribution in [1.82, 2.24) is 9.55 Å². The van der Waals surface area contributed by atoms with Crippen LogP contribution in [-0.4, -0.2) is 29.8 Å². The van der Waals surface area contributed by atoms with Gasteiger partial charge in [-0.1, -0.05) is 13.3 Å². The number of imidazole rings is 1. The van der Waals surface area contributed by atoms with Crippen LogP contribution in [0, 0.1) is 0 Å². The minimum atomic E-state index is 0.709. The lowest BCUT2D eigenvalue weighted by Gasteiger charge is -2.08. The van der Waals surface area contributed by atoms with Gasteiger partial charge in [0.15, 0.2) is 0 Å². The first-order valence-corrected chi connectivity index (χ1v) is 5.12. The molecule has 80 valence electrons. The van der Waals surface area contributed by atoms with E-state index >= 15 is 0 Å². The molecule has 0 saturated carbocycles. The summed E-state index contributed by atoms with van der Waals surface area (Å²) in [5.74, 6) is 0.940. The maximum atomic E-state index is 4.96. The van der Waals surface area contributed by atoms with E-state index in [9.17, 15) is 0 Å². The van der Waals surface area contributed by atoms with E-state index in [1.807, 2.05) is 12.4 Å². The predicted molar refractivity (Wildman–Crippen MR) is 57.5 cm³/mol. The van der Waals surface area contributed by atoms with Crippen LogP contribution in [0.4, 0.5) is 5.95 Å². The van der Waals surface area contributed by atoms with Gasteiger partial charge in [-0.3, -0.25) is 0 Å². The SMILES string of the molecule is CCCCn1ccnc1NCCOC. The Kier molecular flexibility index (Phi) is 5.07. The average molecular weight is 197 g/mol. The largest absolute Gasteiger partial charge is 0.383 e. The Labute approximate surface area is 85.3 Å². The molecule has 1 aromatic heterocycles. The minimum Gasteiger partial charge on any atom is -0.383 e. The van der Waals surface area contributed by atoms with Crippen molar-refractivity contribution in [3.8, 4) is 0 Å². The Hall–Kier alpha value is -1.03. The third-order valence-corrected chi connectivity index (χ3v) is 2.06. The molecule has 4 heteroatoms. The van der Waals surface area contributed by atoms with Crippen LogP contribution in [0.15, 0.2) is 12.4 Å². The number of methoxy groups -OCH3 is 1. The summed E-state index contributed by atoms with van der Waals surface area (Å²) in [6, 6.07) is 0. The van der Waals surface area contributed by atoms with Gasteiger partial charge in [0.2, 0.25) is 5.95 Å². The van der Waals surface area contributed by atoms with Gasteiger partial charge in [0.25, 0.3) is 0 Å². The third kappa shape index (κ3) is 3.38. The smallest absolute Gasteiger partial charge is 0.202 e. The number of hydrogen-bond donors (Lipinski definition) is 1. The Morgan fingerprint density at radius 2 is 2.43 bits per heavy atom. The van der Waals surface area contributed by atoms with E-state index in [2.05, 4.69) is 21.8 Å². The van der Waals surface area contributed by atoms with Gasteiger partial charge in [-0.25, -0.2) is 4.98 Å². The lowest BCUT2D eigenvalue weighted by molar-refractivity contribution is 0.210. The van der Waals surface area contributed by atoms with Crippen molar-refractivity contribution in [2.24, 2.45) is 0 Å². The highest BCUT2D eigenvalue weighted by Crippen LogP contribution is 2.05. The van der Waals surface area contributed by atoms with Crippen molar-refractivity contribution in [2.45, 2.75) is 26.3 Å². The predicted octanol–water partition coefficient (Wildman–Crippen LogP) is 1.74. The quantitative estimate of drug-likeness (QED) is 0.677.